The molecular weight excluding hydrogens is 244 g/mol. The molecule has 0 spiro atoms. The van der Waals surface area contributed by atoms with Gasteiger partial charge in [0.25, 0.3) is 0 Å². The van der Waals surface area contributed by atoms with E-state index in [1.165, 1.54) is 6.07 Å². The van der Waals surface area contributed by atoms with Crippen LogP contribution in [0.2, 0.25) is 0 Å². The molecule has 19 heavy (non-hydrogen) atoms. The molecule has 0 aromatic carbocycles. The predicted octanol–water partition coefficient (Wildman–Crippen LogP) is 1.96. The van der Waals surface area contributed by atoms with E-state index >= 15 is 0 Å². The van der Waals surface area contributed by atoms with Crippen LogP contribution in [0.4, 0.5) is 11.5 Å². The lowest BCUT2D eigenvalue weighted by Gasteiger charge is -2.41. The highest BCUT2D eigenvalue weighted by molar-refractivity contribution is 5.48. The Bertz CT molecular complexity index is 435. The van der Waals surface area contributed by atoms with Crippen LogP contribution in [0.1, 0.15) is 26.7 Å². The van der Waals surface area contributed by atoms with Crippen LogP contribution in [0, 0.1) is 10.1 Å². The summed E-state index contributed by atoms with van der Waals surface area (Å²) in [6, 6.07) is 4.17. The molecular formula is C13H20N4O2. The Morgan fingerprint density at radius 2 is 2.26 bits per heavy atom. The third kappa shape index (κ3) is 3.01. The van der Waals surface area contributed by atoms with Crippen LogP contribution in [0.15, 0.2) is 18.3 Å². The number of rotatable bonds is 4. The maximum Gasteiger partial charge on any atom is 0.363 e. The summed E-state index contributed by atoms with van der Waals surface area (Å²) in [5, 5.41) is 14.2. The Balaban J connectivity index is 2.18. The van der Waals surface area contributed by atoms with Gasteiger partial charge in [-0.1, -0.05) is 13.8 Å². The van der Waals surface area contributed by atoms with Gasteiger partial charge in [-0.25, -0.2) is 0 Å². The first-order valence-electron chi connectivity index (χ1n) is 6.76. The fourth-order valence-electron chi connectivity index (χ4n) is 2.47. The fraction of sp³-hybridized carbons (Fsp3) is 0.615. The number of piperazine rings is 1. The van der Waals surface area contributed by atoms with Crippen molar-refractivity contribution in [2.45, 2.75) is 38.8 Å². The molecule has 6 nitrogen and oxygen atoms in total. The number of hydrogen-bond donors (Lipinski definition) is 1. The lowest BCUT2D eigenvalue weighted by Crippen LogP contribution is -2.56. The van der Waals surface area contributed by atoms with Crippen LogP contribution in [0.3, 0.4) is 0 Å². The molecule has 2 rings (SSSR count). The molecule has 104 valence electrons. The number of pyridine rings is 1. The fourth-order valence-corrected chi connectivity index (χ4v) is 2.47. The number of nitrogens with one attached hydrogen (secondary N) is 1. The van der Waals surface area contributed by atoms with E-state index in [0.717, 1.165) is 31.6 Å². The average molecular weight is 264 g/mol. The summed E-state index contributed by atoms with van der Waals surface area (Å²) in [5.41, 5.74) is 0.970. The summed E-state index contributed by atoms with van der Waals surface area (Å²) in [6.07, 6.45) is 3.73. The standard InChI is InChI=1S/C13H20N4O2/c1-3-10-9-16(11(4-2)7-14-10)12-5-6-13(15-8-12)17(18)19/h5-6,8,10-11,14H,3-4,7,9H2,1-2H3. The molecule has 0 radical (unpaired) electrons. The van der Waals surface area contributed by atoms with Crippen molar-refractivity contribution in [2.24, 2.45) is 0 Å². The maximum atomic E-state index is 10.6. The molecule has 1 aliphatic rings. The van der Waals surface area contributed by atoms with Gasteiger partial charge < -0.3 is 20.3 Å². The highest BCUT2D eigenvalue weighted by atomic mass is 16.6. The molecule has 1 aliphatic heterocycles. The molecule has 1 N–H and O–H groups in total. The van der Waals surface area contributed by atoms with E-state index in [0.29, 0.717) is 12.1 Å². The summed E-state index contributed by atoms with van der Waals surface area (Å²) >= 11 is 0. The summed E-state index contributed by atoms with van der Waals surface area (Å²) in [5.74, 6) is -0.0982. The predicted molar refractivity (Wildman–Crippen MR) is 74.4 cm³/mol. The second-order valence-electron chi connectivity index (χ2n) is 4.86. The zero-order valence-electron chi connectivity index (χ0n) is 11.4. The van der Waals surface area contributed by atoms with Gasteiger partial charge in [0.1, 0.15) is 0 Å². The molecule has 0 bridgehead atoms. The quantitative estimate of drug-likeness (QED) is 0.665. The third-order valence-electron chi connectivity index (χ3n) is 3.72. The first-order valence-corrected chi connectivity index (χ1v) is 6.76. The molecule has 0 saturated carbocycles. The van der Waals surface area contributed by atoms with Crippen molar-refractivity contribution in [1.29, 1.82) is 0 Å². The molecule has 2 unspecified atom stereocenters. The number of anilines is 1. The topological polar surface area (TPSA) is 71.3 Å². The van der Waals surface area contributed by atoms with Crippen molar-refractivity contribution in [3.63, 3.8) is 0 Å². The smallest absolute Gasteiger partial charge is 0.363 e. The average Bonchev–Trinajstić information content (AvgIpc) is 2.46. The highest BCUT2D eigenvalue weighted by Gasteiger charge is 2.27. The minimum atomic E-state index is -0.465. The molecule has 0 aliphatic carbocycles. The summed E-state index contributed by atoms with van der Waals surface area (Å²) < 4.78 is 0. The van der Waals surface area contributed by atoms with Gasteiger partial charge in [0, 0.05) is 31.2 Å². The van der Waals surface area contributed by atoms with E-state index in [-0.39, 0.29) is 5.82 Å². The molecule has 6 heteroatoms. The first kappa shape index (κ1) is 13.7. The van der Waals surface area contributed by atoms with Gasteiger partial charge in [-0.2, -0.15) is 0 Å². The third-order valence-corrected chi connectivity index (χ3v) is 3.72. The van der Waals surface area contributed by atoms with Crippen molar-refractivity contribution in [3.8, 4) is 0 Å². The van der Waals surface area contributed by atoms with Gasteiger partial charge in [0.15, 0.2) is 6.20 Å². The minimum Gasteiger partial charge on any atom is -0.363 e. The largest absolute Gasteiger partial charge is 0.363 e. The van der Waals surface area contributed by atoms with Crippen LogP contribution in [0.25, 0.3) is 0 Å². The van der Waals surface area contributed by atoms with Crippen molar-refractivity contribution in [3.05, 3.63) is 28.4 Å². The highest BCUT2D eigenvalue weighted by Crippen LogP contribution is 2.22. The second kappa shape index (κ2) is 5.97. The number of aromatic nitrogens is 1. The van der Waals surface area contributed by atoms with E-state index in [9.17, 15) is 10.1 Å². The van der Waals surface area contributed by atoms with Gasteiger partial charge in [-0.3, -0.25) is 0 Å². The van der Waals surface area contributed by atoms with Gasteiger partial charge in [-0.05, 0) is 28.8 Å². The summed E-state index contributed by atoms with van der Waals surface area (Å²) in [4.78, 5) is 16.4. The summed E-state index contributed by atoms with van der Waals surface area (Å²) in [6.45, 7) is 6.20. The van der Waals surface area contributed by atoms with Crippen LogP contribution >= 0.6 is 0 Å². The van der Waals surface area contributed by atoms with Crippen LogP contribution in [-0.4, -0.2) is 35.1 Å². The van der Waals surface area contributed by atoms with Crippen LogP contribution in [-0.2, 0) is 0 Å². The van der Waals surface area contributed by atoms with Crippen LogP contribution < -0.4 is 10.2 Å². The number of hydrogen-bond acceptors (Lipinski definition) is 5. The van der Waals surface area contributed by atoms with Gasteiger partial charge in [0.2, 0.25) is 0 Å². The molecule has 1 saturated heterocycles. The van der Waals surface area contributed by atoms with Crippen molar-refractivity contribution in [2.75, 3.05) is 18.0 Å². The Morgan fingerprint density at radius 3 is 2.79 bits per heavy atom. The van der Waals surface area contributed by atoms with Gasteiger partial charge in [0.05, 0.1) is 5.69 Å². The molecule has 0 amide bonds. The van der Waals surface area contributed by atoms with Crippen molar-refractivity contribution in [1.82, 2.24) is 10.3 Å². The Hall–Kier alpha value is -1.69. The lowest BCUT2D eigenvalue weighted by atomic mass is 10.0. The van der Waals surface area contributed by atoms with E-state index < -0.39 is 4.92 Å². The lowest BCUT2D eigenvalue weighted by molar-refractivity contribution is -0.389. The van der Waals surface area contributed by atoms with Crippen molar-refractivity contribution < 1.29 is 4.92 Å². The van der Waals surface area contributed by atoms with Gasteiger partial charge in [-0.15, -0.1) is 0 Å². The molecule has 1 aromatic rings. The van der Waals surface area contributed by atoms with E-state index in [1.807, 2.05) is 0 Å². The van der Waals surface area contributed by atoms with Gasteiger partial charge >= 0.3 is 5.82 Å². The molecule has 2 heterocycles. The molecule has 1 aromatic heterocycles. The Labute approximate surface area is 113 Å². The monoisotopic (exact) mass is 264 g/mol. The Morgan fingerprint density at radius 1 is 1.47 bits per heavy atom. The second-order valence-corrected chi connectivity index (χ2v) is 4.86. The van der Waals surface area contributed by atoms with Crippen molar-refractivity contribution >= 4 is 11.5 Å². The summed E-state index contributed by atoms with van der Waals surface area (Å²) in [7, 11) is 0. The maximum absolute atomic E-state index is 10.6. The minimum absolute atomic E-state index is 0.0982. The number of nitrogens with zero attached hydrogens (tertiary/aromatic N) is 3. The SMILES string of the molecule is CCC1CN(c2ccc([N+](=O)[O-])nc2)C(CC)CN1. The van der Waals surface area contributed by atoms with E-state index in [2.05, 4.69) is 29.0 Å². The first-order chi connectivity index (χ1) is 9.15. The normalized spacial score (nSPS) is 23.4. The van der Waals surface area contributed by atoms with E-state index in [4.69, 9.17) is 0 Å². The molecule has 2 atom stereocenters. The molecule has 1 fully saturated rings. The Kier molecular flexibility index (Phi) is 4.31. The zero-order chi connectivity index (χ0) is 13.8. The zero-order valence-corrected chi connectivity index (χ0v) is 11.4. The van der Waals surface area contributed by atoms with Crippen LogP contribution in [0.5, 0.6) is 0 Å². The number of nitro groups is 1. The van der Waals surface area contributed by atoms with E-state index in [1.54, 1.807) is 12.3 Å².